The van der Waals surface area contributed by atoms with E-state index in [1.165, 1.54) is 11.3 Å². The Morgan fingerprint density at radius 3 is 2.76 bits per heavy atom. The van der Waals surface area contributed by atoms with E-state index in [-0.39, 0.29) is 5.69 Å². The molecule has 2 aromatic heterocycles. The third-order valence-electron chi connectivity index (χ3n) is 3.66. The second-order valence-electron chi connectivity index (χ2n) is 5.14. The number of aromatic nitrogens is 3. The first-order valence-corrected chi connectivity index (χ1v) is 7.39. The Labute approximate surface area is 124 Å². The molecule has 0 bridgehead atoms. The van der Waals surface area contributed by atoms with Crippen molar-refractivity contribution >= 4 is 23.2 Å². The summed E-state index contributed by atoms with van der Waals surface area (Å²) < 4.78 is 1.66. The smallest absolute Gasteiger partial charge is 0.329 e. The van der Waals surface area contributed by atoms with Gasteiger partial charge in [0.2, 0.25) is 0 Å². The highest BCUT2D eigenvalue weighted by molar-refractivity contribution is 7.13. The zero-order chi connectivity index (χ0) is 15.0. The summed E-state index contributed by atoms with van der Waals surface area (Å²) in [5.41, 5.74) is -0.0423. The molecule has 0 aliphatic heterocycles. The number of hydrogen-bond acceptors (Lipinski definition) is 5. The number of hydrogen-bond donors (Lipinski definition) is 2. The zero-order valence-electron chi connectivity index (χ0n) is 11.4. The number of aryl methyl sites for hydroxylation is 1. The fourth-order valence-electron chi connectivity index (χ4n) is 2.25. The van der Waals surface area contributed by atoms with E-state index < -0.39 is 17.4 Å². The number of nitrogens with one attached hydrogen (secondary N) is 1. The third kappa shape index (κ3) is 2.42. The largest absolute Gasteiger partial charge is 0.480 e. The molecule has 21 heavy (non-hydrogen) atoms. The first kappa shape index (κ1) is 13.7. The Morgan fingerprint density at radius 2 is 2.24 bits per heavy atom. The highest BCUT2D eigenvalue weighted by atomic mass is 32.1. The fraction of sp³-hybridized carbons (Fsp3) is 0.385. The molecule has 3 rings (SSSR count). The van der Waals surface area contributed by atoms with Gasteiger partial charge in [0.05, 0.1) is 6.20 Å². The third-order valence-corrected chi connectivity index (χ3v) is 4.55. The first-order valence-electron chi connectivity index (χ1n) is 6.51. The van der Waals surface area contributed by atoms with Gasteiger partial charge in [-0.2, -0.15) is 5.10 Å². The monoisotopic (exact) mass is 306 g/mol. The normalized spacial score (nSPS) is 16.2. The molecule has 7 nitrogen and oxygen atoms in total. The van der Waals surface area contributed by atoms with Crippen LogP contribution < -0.4 is 5.32 Å². The predicted molar refractivity (Wildman–Crippen MR) is 76.0 cm³/mol. The van der Waals surface area contributed by atoms with E-state index in [4.69, 9.17) is 0 Å². The van der Waals surface area contributed by atoms with Crippen molar-refractivity contribution in [3.05, 3.63) is 23.5 Å². The molecule has 1 aliphatic rings. The molecule has 0 radical (unpaired) electrons. The molecule has 0 atom stereocenters. The first-order chi connectivity index (χ1) is 10.00. The number of carbonyl (C=O) groups is 2. The maximum Gasteiger partial charge on any atom is 0.329 e. The molecule has 2 heterocycles. The lowest BCUT2D eigenvalue weighted by Crippen LogP contribution is -2.59. The van der Waals surface area contributed by atoms with E-state index in [0.717, 1.165) is 12.0 Å². The molecule has 1 fully saturated rings. The van der Waals surface area contributed by atoms with E-state index in [9.17, 15) is 14.7 Å². The predicted octanol–water partition coefficient (Wildman–Crippen LogP) is 1.28. The second kappa shape index (κ2) is 4.96. The van der Waals surface area contributed by atoms with Crippen LogP contribution in [0.4, 0.5) is 0 Å². The highest BCUT2D eigenvalue weighted by Crippen LogP contribution is 2.32. The molecule has 0 unspecified atom stereocenters. The van der Waals surface area contributed by atoms with Gasteiger partial charge in [0, 0.05) is 24.2 Å². The van der Waals surface area contributed by atoms with Crippen LogP contribution in [-0.4, -0.2) is 37.3 Å². The van der Waals surface area contributed by atoms with Crippen molar-refractivity contribution in [2.75, 3.05) is 0 Å². The van der Waals surface area contributed by atoms with Gasteiger partial charge in [0.1, 0.15) is 16.2 Å². The van der Waals surface area contributed by atoms with Gasteiger partial charge >= 0.3 is 5.97 Å². The minimum atomic E-state index is -1.12. The summed E-state index contributed by atoms with van der Waals surface area (Å²) in [6.07, 6.45) is 5.22. The van der Waals surface area contributed by atoms with E-state index in [0.29, 0.717) is 17.8 Å². The Balaban J connectivity index is 1.77. The minimum Gasteiger partial charge on any atom is -0.480 e. The van der Waals surface area contributed by atoms with Gasteiger partial charge in [-0.05, 0) is 19.3 Å². The Bertz CT molecular complexity index is 702. The van der Waals surface area contributed by atoms with Gasteiger partial charge < -0.3 is 10.4 Å². The minimum absolute atomic E-state index is 0.242. The second-order valence-corrected chi connectivity index (χ2v) is 5.99. The zero-order valence-corrected chi connectivity index (χ0v) is 12.2. The summed E-state index contributed by atoms with van der Waals surface area (Å²) in [7, 11) is 1.80. The molecule has 1 amide bonds. The molecule has 1 aliphatic carbocycles. The number of carboxylic acids is 1. The van der Waals surface area contributed by atoms with Gasteiger partial charge in [-0.15, -0.1) is 11.3 Å². The quantitative estimate of drug-likeness (QED) is 0.887. The standard InChI is InChI=1S/C13H14N4O3S/c1-17-6-8(5-14-17)11-15-9(7-21-11)10(18)16-13(12(19)20)3-2-4-13/h5-7H,2-4H2,1H3,(H,16,18)(H,19,20). The summed E-state index contributed by atoms with van der Waals surface area (Å²) in [5.74, 6) is -1.42. The Kier molecular flexibility index (Phi) is 3.25. The molecule has 1 saturated carbocycles. The number of carbonyl (C=O) groups excluding carboxylic acids is 1. The van der Waals surface area contributed by atoms with Crippen molar-refractivity contribution in [2.24, 2.45) is 7.05 Å². The lowest BCUT2D eigenvalue weighted by atomic mass is 9.76. The van der Waals surface area contributed by atoms with Crippen molar-refractivity contribution in [3.8, 4) is 10.6 Å². The lowest BCUT2D eigenvalue weighted by Gasteiger charge is -2.37. The number of amides is 1. The number of thiazole rings is 1. The average Bonchev–Trinajstić information content (AvgIpc) is 3.01. The van der Waals surface area contributed by atoms with Crippen molar-refractivity contribution in [1.29, 1.82) is 0 Å². The van der Waals surface area contributed by atoms with Crippen molar-refractivity contribution in [1.82, 2.24) is 20.1 Å². The number of nitrogens with zero attached hydrogens (tertiary/aromatic N) is 3. The lowest BCUT2D eigenvalue weighted by molar-refractivity contribution is -0.148. The molecule has 0 spiro atoms. The topological polar surface area (TPSA) is 97.1 Å². The molecule has 0 aromatic carbocycles. The molecule has 8 heteroatoms. The van der Waals surface area contributed by atoms with Crippen molar-refractivity contribution in [3.63, 3.8) is 0 Å². The molecule has 2 aromatic rings. The van der Waals surface area contributed by atoms with Gasteiger partial charge in [0.25, 0.3) is 5.91 Å². The highest BCUT2D eigenvalue weighted by Gasteiger charge is 2.46. The van der Waals surface area contributed by atoms with Crippen LogP contribution >= 0.6 is 11.3 Å². The molecular weight excluding hydrogens is 292 g/mol. The van der Waals surface area contributed by atoms with Gasteiger partial charge in [-0.25, -0.2) is 9.78 Å². The molecular formula is C13H14N4O3S. The maximum absolute atomic E-state index is 12.2. The van der Waals surface area contributed by atoms with Gasteiger partial charge in [0.15, 0.2) is 0 Å². The van der Waals surface area contributed by atoms with Crippen LogP contribution in [0.15, 0.2) is 17.8 Å². The number of aliphatic carboxylic acids is 1. The maximum atomic E-state index is 12.2. The van der Waals surface area contributed by atoms with Crippen LogP contribution in [0.3, 0.4) is 0 Å². The molecule has 0 saturated heterocycles. The number of carboxylic acid groups (broad SMARTS) is 1. The van der Waals surface area contributed by atoms with Crippen LogP contribution in [0, 0.1) is 0 Å². The Morgan fingerprint density at radius 1 is 1.48 bits per heavy atom. The summed E-state index contributed by atoms with van der Waals surface area (Å²) in [6, 6.07) is 0. The Hall–Kier alpha value is -2.22. The van der Waals surface area contributed by atoms with Gasteiger partial charge in [-0.1, -0.05) is 0 Å². The fourth-order valence-corrected chi connectivity index (χ4v) is 3.02. The van der Waals surface area contributed by atoms with E-state index in [1.807, 2.05) is 6.20 Å². The van der Waals surface area contributed by atoms with Gasteiger partial charge in [-0.3, -0.25) is 9.48 Å². The molecule has 110 valence electrons. The summed E-state index contributed by atoms with van der Waals surface area (Å²) in [4.78, 5) is 27.7. The van der Waals surface area contributed by atoms with E-state index in [2.05, 4.69) is 15.4 Å². The summed E-state index contributed by atoms with van der Waals surface area (Å²) in [6.45, 7) is 0. The van der Waals surface area contributed by atoms with Crippen molar-refractivity contribution in [2.45, 2.75) is 24.8 Å². The van der Waals surface area contributed by atoms with Crippen LogP contribution in [0.25, 0.3) is 10.6 Å². The SMILES string of the molecule is Cn1cc(-c2nc(C(=O)NC3(C(=O)O)CCC3)cs2)cn1. The molecule has 2 N–H and O–H groups in total. The van der Waals surface area contributed by atoms with Crippen LogP contribution in [0.5, 0.6) is 0 Å². The van der Waals surface area contributed by atoms with Crippen molar-refractivity contribution < 1.29 is 14.7 Å². The van der Waals surface area contributed by atoms with E-state index in [1.54, 1.807) is 23.3 Å². The number of rotatable bonds is 4. The van der Waals surface area contributed by atoms with Crippen LogP contribution in [-0.2, 0) is 11.8 Å². The van der Waals surface area contributed by atoms with Crippen LogP contribution in [0.2, 0.25) is 0 Å². The van der Waals surface area contributed by atoms with Crippen LogP contribution in [0.1, 0.15) is 29.8 Å². The average molecular weight is 306 g/mol. The van der Waals surface area contributed by atoms with E-state index >= 15 is 0 Å². The summed E-state index contributed by atoms with van der Waals surface area (Å²) in [5, 5.41) is 18.2. The summed E-state index contributed by atoms with van der Waals surface area (Å²) >= 11 is 1.33.